The van der Waals surface area contributed by atoms with Crippen LogP contribution in [0.15, 0.2) is 109 Å². The average Bonchev–Trinajstić information content (AvgIpc) is 2.80. The standard InChI is InChI=1S/C28H20N2/c1-3-9-21(10-4-1)29-25-17-15-20-18-26(30-22-11-5-2-6-12-22)23-13-7-8-19-14-16-24(25)28(20)27(19)23/h1-18,29-30H. The third kappa shape index (κ3) is 2.73. The van der Waals surface area contributed by atoms with Crippen LogP contribution in [0.1, 0.15) is 0 Å². The fourth-order valence-electron chi connectivity index (χ4n) is 4.39. The van der Waals surface area contributed by atoms with Crippen LogP contribution in [0.5, 0.6) is 0 Å². The van der Waals surface area contributed by atoms with Crippen molar-refractivity contribution >= 4 is 55.1 Å². The van der Waals surface area contributed by atoms with Crippen LogP contribution >= 0.6 is 0 Å². The zero-order valence-electron chi connectivity index (χ0n) is 16.4. The molecule has 142 valence electrons. The van der Waals surface area contributed by atoms with Gasteiger partial charge in [0.1, 0.15) is 0 Å². The number of hydrogen-bond donors (Lipinski definition) is 2. The van der Waals surface area contributed by atoms with Crippen LogP contribution in [0.3, 0.4) is 0 Å². The molecule has 0 heterocycles. The zero-order chi connectivity index (χ0) is 19.9. The van der Waals surface area contributed by atoms with E-state index < -0.39 is 0 Å². The highest BCUT2D eigenvalue weighted by Gasteiger charge is 2.14. The molecule has 30 heavy (non-hydrogen) atoms. The van der Waals surface area contributed by atoms with Crippen molar-refractivity contribution in [1.82, 2.24) is 0 Å². The molecule has 0 radical (unpaired) electrons. The van der Waals surface area contributed by atoms with Gasteiger partial charge in [0, 0.05) is 33.5 Å². The molecular formula is C28H20N2. The van der Waals surface area contributed by atoms with E-state index in [2.05, 4.69) is 108 Å². The van der Waals surface area contributed by atoms with Crippen LogP contribution in [-0.4, -0.2) is 0 Å². The normalized spacial score (nSPS) is 11.3. The van der Waals surface area contributed by atoms with Crippen molar-refractivity contribution in [2.45, 2.75) is 0 Å². The molecule has 0 spiro atoms. The minimum Gasteiger partial charge on any atom is -0.355 e. The topological polar surface area (TPSA) is 24.1 Å². The summed E-state index contributed by atoms with van der Waals surface area (Å²) in [5, 5.41) is 14.8. The Morgan fingerprint density at radius 1 is 0.400 bits per heavy atom. The lowest BCUT2D eigenvalue weighted by Gasteiger charge is -2.18. The van der Waals surface area contributed by atoms with E-state index >= 15 is 0 Å². The number of hydrogen-bond acceptors (Lipinski definition) is 2. The van der Waals surface area contributed by atoms with E-state index in [0.29, 0.717) is 0 Å². The molecule has 2 nitrogen and oxygen atoms in total. The maximum atomic E-state index is 3.62. The Kier molecular flexibility index (Phi) is 3.82. The summed E-state index contributed by atoms with van der Waals surface area (Å²) in [4.78, 5) is 0. The summed E-state index contributed by atoms with van der Waals surface area (Å²) < 4.78 is 0. The quantitative estimate of drug-likeness (QED) is 0.300. The summed E-state index contributed by atoms with van der Waals surface area (Å²) in [6, 6.07) is 38.4. The highest BCUT2D eigenvalue weighted by Crippen LogP contribution is 2.42. The molecule has 0 saturated carbocycles. The fourth-order valence-corrected chi connectivity index (χ4v) is 4.39. The molecule has 0 amide bonds. The van der Waals surface area contributed by atoms with Crippen molar-refractivity contribution in [2.75, 3.05) is 10.6 Å². The lowest BCUT2D eigenvalue weighted by atomic mass is 9.92. The molecule has 6 aromatic carbocycles. The van der Waals surface area contributed by atoms with Gasteiger partial charge in [0.05, 0.1) is 0 Å². The van der Waals surface area contributed by atoms with Crippen LogP contribution in [-0.2, 0) is 0 Å². The van der Waals surface area contributed by atoms with E-state index in [-0.39, 0.29) is 0 Å². The van der Waals surface area contributed by atoms with E-state index in [9.17, 15) is 0 Å². The van der Waals surface area contributed by atoms with Gasteiger partial charge in [-0.25, -0.2) is 0 Å². The second-order valence-electron chi connectivity index (χ2n) is 7.63. The van der Waals surface area contributed by atoms with E-state index in [1.807, 2.05) is 12.1 Å². The van der Waals surface area contributed by atoms with Crippen molar-refractivity contribution in [1.29, 1.82) is 0 Å². The van der Waals surface area contributed by atoms with Gasteiger partial charge >= 0.3 is 0 Å². The van der Waals surface area contributed by atoms with Crippen molar-refractivity contribution in [3.05, 3.63) is 109 Å². The number of benzene rings is 6. The predicted octanol–water partition coefficient (Wildman–Crippen LogP) is 8.07. The summed E-state index contributed by atoms with van der Waals surface area (Å²) in [5.41, 5.74) is 4.46. The Morgan fingerprint density at radius 2 is 1.00 bits per heavy atom. The van der Waals surface area contributed by atoms with E-state index in [4.69, 9.17) is 0 Å². The summed E-state index contributed by atoms with van der Waals surface area (Å²) in [7, 11) is 0. The van der Waals surface area contributed by atoms with E-state index in [0.717, 1.165) is 22.7 Å². The smallest absolute Gasteiger partial charge is 0.0470 e. The van der Waals surface area contributed by atoms with Gasteiger partial charge in [0.2, 0.25) is 0 Å². The molecule has 6 aromatic rings. The van der Waals surface area contributed by atoms with Crippen LogP contribution in [0, 0.1) is 0 Å². The van der Waals surface area contributed by atoms with Gasteiger partial charge in [-0.2, -0.15) is 0 Å². The molecule has 0 fully saturated rings. The molecule has 0 aromatic heterocycles. The maximum Gasteiger partial charge on any atom is 0.0470 e. The van der Waals surface area contributed by atoms with E-state index in [1.165, 1.54) is 32.3 Å². The predicted molar refractivity (Wildman–Crippen MR) is 130 cm³/mol. The first kappa shape index (κ1) is 16.9. The molecule has 0 bridgehead atoms. The van der Waals surface area contributed by atoms with Crippen LogP contribution in [0.2, 0.25) is 0 Å². The first-order valence-corrected chi connectivity index (χ1v) is 10.2. The molecule has 2 heteroatoms. The first-order valence-electron chi connectivity index (χ1n) is 10.2. The minimum absolute atomic E-state index is 1.10. The molecule has 0 unspecified atom stereocenters. The Morgan fingerprint density at radius 3 is 1.73 bits per heavy atom. The Balaban J connectivity index is 1.59. The number of anilines is 4. The van der Waals surface area contributed by atoms with Gasteiger partial charge in [-0.15, -0.1) is 0 Å². The largest absolute Gasteiger partial charge is 0.355 e. The Hall–Kier alpha value is -4.04. The van der Waals surface area contributed by atoms with Gasteiger partial charge in [-0.1, -0.05) is 72.8 Å². The average molecular weight is 384 g/mol. The molecule has 2 N–H and O–H groups in total. The SMILES string of the molecule is c1ccc(Nc2cc3ccc(Nc4ccccc4)c4ccc5cccc2c5c34)cc1. The van der Waals surface area contributed by atoms with Gasteiger partial charge in [0.25, 0.3) is 0 Å². The van der Waals surface area contributed by atoms with Crippen molar-refractivity contribution in [3.8, 4) is 0 Å². The van der Waals surface area contributed by atoms with Gasteiger partial charge in [-0.05, 0) is 57.9 Å². The van der Waals surface area contributed by atoms with Crippen molar-refractivity contribution < 1.29 is 0 Å². The monoisotopic (exact) mass is 384 g/mol. The minimum atomic E-state index is 1.10. The Bertz CT molecular complexity index is 1470. The third-order valence-electron chi connectivity index (χ3n) is 5.75. The van der Waals surface area contributed by atoms with Gasteiger partial charge in [0.15, 0.2) is 0 Å². The van der Waals surface area contributed by atoms with Crippen molar-refractivity contribution in [3.63, 3.8) is 0 Å². The molecule has 0 atom stereocenters. The number of rotatable bonds is 4. The fraction of sp³-hybridized carbons (Fsp3) is 0. The van der Waals surface area contributed by atoms with Gasteiger partial charge < -0.3 is 10.6 Å². The van der Waals surface area contributed by atoms with Gasteiger partial charge in [-0.3, -0.25) is 0 Å². The lowest BCUT2D eigenvalue weighted by Crippen LogP contribution is -1.96. The molecule has 0 aliphatic rings. The molecule has 0 aliphatic heterocycles. The second-order valence-corrected chi connectivity index (χ2v) is 7.63. The first-order chi connectivity index (χ1) is 14.9. The molecule has 0 saturated heterocycles. The third-order valence-corrected chi connectivity index (χ3v) is 5.75. The van der Waals surface area contributed by atoms with Crippen LogP contribution in [0.25, 0.3) is 32.3 Å². The van der Waals surface area contributed by atoms with Crippen LogP contribution in [0.4, 0.5) is 22.7 Å². The molecule has 6 rings (SSSR count). The summed E-state index contributed by atoms with van der Waals surface area (Å²) in [6.45, 7) is 0. The summed E-state index contributed by atoms with van der Waals surface area (Å²) in [6.07, 6.45) is 0. The zero-order valence-corrected chi connectivity index (χ0v) is 16.4. The number of para-hydroxylation sites is 2. The van der Waals surface area contributed by atoms with Crippen molar-refractivity contribution in [2.24, 2.45) is 0 Å². The molecular weight excluding hydrogens is 364 g/mol. The Labute approximate surface area is 175 Å². The molecule has 0 aliphatic carbocycles. The maximum absolute atomic E-state index is 3.62. The summed E-state index contributed by atoms with van der Waals surface area (Å²) in [5.74, 6) is 0. The highest BCUT2D eigenvalue weighted by atomic mass is 14.9. The number of nitrogens with one attached hydrogen (secondary N) is 2. The van der Waals surface area contributed by atoms with Crippen LogP contribution < -0.4 is 10.6 Å². The highest BCUT2D eigenvalue weighted by molar-refractivity contribution is 6.28. The van der Waals surface area contributed by atoms with E-state index in [1.54, 1.807) is 0 Å². The summed E-state index contributed by atoms with van der Waals surface area (Å²) >= 11 is 0. The second kappa shape index (κ2) is 6.78. The lowest BCUT2D eigenvalue weighted by molar-refractivity contribution is 1.57.